The Kier molecular flexibility index (Phi) is 5.32. The molecule has 3 aromatic carbocycles. The van der Waals surface area contributed by atoms with Gasteiger partial charge in [0.2, 0.25) is 10.0 Å². The maximum Gasteiger partial charge on any atom is 0.243 e. The van der Waals surface area contributed by atoms with E-state index in [0.29, 0.717) is 23.7 Å². The first-order chi connectivity index (χ1) is 13.6. The SMILES string of the molecule is O=S(=O)(Cc1ccccc1)N(c1ccccc1)c1ccc(OCC2CO2)cc1. The first kappa shape index (κ1) is 18.5. The molecule has 28 heavy (non-hydrogen) atoms. The van der Waals surface area contributed by atoms with E-state index in [-0.39, 0.29) is 11.9 Å². The van der Waals surface area contributed by atoms with E-state index in [1.807, 2.05) is 48.5 Å². The van der Waals surface area contributed by atoms with Crippen molar-refractivity contribution in [3.63, 3.8) is 0 Å². The Hall–Kier alpha value is -2.83. The van der Waals surface area contributed by atoms with Gasteiger partial charge in [-0.25, -0.2) is 12.7 Å². The summed E-state index contributed by atoms with van der Waals surface area (Å²) in [5.41, 5.74) is 1.91. The van der Waals surface area contributed by atoms with Gasteiger partial charge in [0.25, 0.3) is 0 Å². The normalized spacial score (nSPS) is 15.8. The molecular formula is C22H21NO4S. The van der Waals surface area contributed by atoms with E-state index in [4.69, 9.17) is 9.47 Å². The Bertz CT molecular complexity index is 1000. The second kappa shape index (κ2) is 8.04. The van der Waals surface area contributed by atoms with E-state index in [2.05, 4.69) is 0 Å². The van der Waals surface area contributed by atoms with Crippen molar-refractivity contribution in [2.45, 2.75) is 11.9 Å². The Balaban J connectivity index is 1.63. The predicted molar refractivity (Wildman–Crippen MR) is 109 cm³/mol. The van der Waals surface area contributed by atoms with Crippen LogP contribution in [0.4, 0.5) is 11.4 Å². The molecule has 0 aliphatic carbocycles. The fraction of sp³-hybridized carbons (Fsp3) is 0.182. The lowest BCUT2D eigenvalue weighted by atomic mass is 10.2. The Morgan fingerprint density at radius 1 is 0.857 bits per heavy atom. The summed E-state index contributed by atoms with van der Waals surface area (Å²) in [5, 5.41) is 0. The quantitative estimate of drug-likeness (QED) is 0.538. The average Bonchev–Trinajstić information content (AvgIpc) is 3.53. The first-order valence-electron chi connectivity index (χ1n) is 9.08. The van der Waals surface area contributed by atoms with Gasteiger partial charge < -0.3 is 9.47 Å². The molecule has 5 nitrogen and oxygen atoms in total. The van der Waals surface area contributed by atoms with Gasteiger partial charge in [-0.2, -0.15) is 0 Å². The van der Waals surface area contributed by atoms with Crippen LogP contribution in [0.1, 0.15) is 5.56 Å². The third kappa shape index (κ3) is 4.52. The van der Waals surface area contributed by atoms with Crippen LogP contribution in [0.3, 0.4) is 0 Å². The summed E-state index contributed by atoms with van der Waals surface area (Å²) in [7, 11) is -3.64. The minimum Gasteiger partial charge on any atom is -0.491 e. The minimum absolute atomic E-state index is 0.0833. The van der Waals surface area contributed by atoms with E-state index in [1.165, 1.54) is 4.31 Å². The Morgan fingerprint density at radius 2 is 1.43 bits per heavy atom. The van der Waals surface area contributed by atoms with Crippen LogP contribution < -0.4 is 9.04 Å². The van der Waals surface area contributed by atoms with Gasteiger partial charge in [-0.1, -0.05) is 48.5 Å². The molecular weight excluding hydrogens is 374 g/mol. The molecule has 0 radical (unpaired) electrons. The number of benzene rings is 3. The number of hydrogen-bond acceptors (Lipinski definition) is 4. The summed E-state index contributed by atoms with van der Waals surface area (Å²) < 4.78 is 38.8. The molecule has 0 saturated carbocycles. The van der Waals surface area contributed by atoms with Crippen LogP contribution in [0.15, 0.2) is 84.9 Å². The van der Waals surface area contributed by atoms with Crippen LogP contribution in [-0.4, -0.2) is 27.7 Å². The maximum atomic E-state index is 13.3. The third-order valence-electron chi connectivity index (χ3n) is 4.37. The van der Waals surface area contributed by atoms with E-state index >= 15 is 0 Å². The lowest BCUT2D eigenvalue weighted by molar-refractivity contribution is 0.263. The number of anilines is 2. The fourth-order valence-electron chi connectivity index (χ4n) is 2.91. The molecule has 1 atom stereocenters. The van der Waals surface area contributed by atoms with Crippen LogP contribution >= 0.6 is 0 Å². The Labute approximate surface area is 165 Å². The van der Waals surface area contributed by atoms with Crippen molar-refractivity contribution in [2.75, 3.05) is 17.5 Å². The highest BCUT2D eigenvalue weighted by molar-refractivity contribution is 7.92. The molecule has 1 aliphatic rings. The molecule has 0 N–H and O–H groups in total. The maximum absolute atomic E-state index is 13.3. The fourth-order valence-corrected chi connectivity index (χ4v) is 4.54. The lowest BCUT2D eigenvalue weighted by Crippen LogP contribution is -2.27. The molecule has 0 aromatic heterocycles. The minimum atomic E-state index is -3.64. The number of para-hydroxylation sites is 1. The molecule has 1 fully saturated rings. The Morgan fingerprint density at radius 3 is 2.04 bits per heavy atom. The zero-order valence-corrected chi connectivity index (χ0v) is 16.1. The van der Waals surface area contributed by atoms with Crippen molar-refractivity contribution >= 4 is 21.4 Å². The van der Waals surface area contributed by atoms with Crippen LogP contribution in [0, 0.1) is 0 Å². The standard InChI is InChI=1S/C22H21NO4S/c24-28(25,17-18-7-3-1-4-8-18)23(19-9-5-2-6-10-19)20-11-13-21(14-12-20)26-15-22-16-27-22/h1-14,22H,15-17H2. The molecule has 144 valence electrons. The van der Waals surface area contributed by atoms with Gasteiger partial charge in [0, 0.05) is 0 Å². The van der Waals surface area contributed by atoms with Crippen LogP contribution in [0.2, 0.25) is 0 Å². The van der Waals surface area contributed by atoms with E-state index < -0.39 is 10.0 Å². The second-order valence-corrected chi connectivity index (χ2v) is 8.42. The second-order valence-electron chi connectivity index (χ2n) is 6.60. The summed E-state index contributed by atoms with van der Waals surface area (Å²) in [6.07, 6.45) is 0.173. The van der Waals surface area contributed by atoms with Gasteiger partial charge >= 0.3 is 0 Å². The summed E-state index contributed by atoms with van der Waals surface area (Å²) in [4.78, 5) is 0. The van der Waals surface area contributed by atoms with Gasteiger partial charge in [0.05, 0.1) is 23.7 Å². The molecule has 0 bridgehead atoms. The van der Waals surface area contributed by atoms with Crippen molar-refractivity contribution in [1.82, 2.24) is 0 Å². The molecule has 1 aliphatic heterocycles. The number of ether oxygens (including phenoxy) is 2. The molecule has 3 aromatic rings. The molecule has 1 heterocycles. The van der Waals surface area contributed by atoms with Crippen LogP contribution in [-0.2, 0) is 20.5 Å². The topological polar surface area (TPSA) is 59.1 Å². The number of hydrogen-bond donors (Lipinski definition) is 0. The zero-order valence-electron chi connectivity index (χ0n) is 15.3. The molecule has 1 unspecified atom stereocenters. The number of rotatable bonds is 8. The molecule has 4 rings (SSSR count). The van der Waals surface area contributed by atoms with Crippen LogP contribution in [0.5, 0.6) is 5.75 Å². The van der Waals surface area contributed by atoms with Crippen molar-refractivity contribution in [3.05, 3.63) is 90.5 Å². The number of epoxide rings is 1. The van der Waals surface area contributed by atoms with E-state index in [9.17, 15) is 8.42 Å². The average molecular weight is 395 g/mol. The summed E-state index contributed by atoms with van der Waals surface area (Å²) in [6.45, 7) is 1.24. The van der Waals surface area contributed by atoms with Crippen molar-refractivity contribution in [1.29, 1.82) is 0 Å². The lowest BCUT2D eigenvalue weighted by Gasteiger charge is -2.25. The number of sulfonamides is 1. The summed E-state index contributed by atoms with van der Waals surface area (Å²) in [5.74, 6) is 0.604. The highest BCUT2D eigenvalue weighted by atomic mass is 32.2. The smallest absolute Gasteiger partial charge is 0.243 e. The van der Waals surface area contributed by atoms with Gasteiger partial charge in [0.1, 0.15) is 18.5 Å². The van der Waals surface area contributed by atoms with Gasteiger partial charge in [-0.3, -0.25) is 0 Å². The van der Waals surface area contributed by atoms with E-state index in [1.54, 1.807) is 36.4 Å². The summed E-state index contributed by atoms with van der Waals surface area (Å²) >= 11 is 0. The first-order valence-corrected chi connectivity index (χ1v) is 10.7. The van der Waals surface area contributed by atoms with Crippen molar-refractivity contribution in [2.24, 2.45) is 0 Å². The van der Waals surface area contributed by atoms with Crippen LogP contribution in [0.25, 0.3) is 0 Å². The molecule has 6 heteroatoms. The summed E-state index contributed by atoms with van der Waals surface area (Å²) in [6, 6.07) is 25.4. The van der Waals surface area contributed by atoms with Crippen molar-refractivity contribution in [3.8, 4) is 5.75 Å². The predicted octanol–water partition coefficient (Wildman–Crippen LogP) is 4.13. The molecule has 0 spiro atoms. The van der Waals surface area contributed by atoms with Gasteiger partial charge in [-0.05, 0) is 42.0 Å². The largest absolute Gasteiger partial charge is 0.491 e. The molecule has 0 amide bonds. The molecule has 1 saturated heterocycles. The van der Waals surface area contributed by atoms with E-state index in [0.717, 1.165) is 12.2 Å². The van der Waals surface area contributed by atoms with Crippen molar-refractivity contribution < 1.29 is 17.9 Å². The highest BCUT2D eigenvalue weighted by Gasteiger charge is 2.25. The number of nitrogens with zero attached hydrogens (tertiary/aromatic N) is 1. The highest BCUT2D eigenvalue weighted by Crippen LogP contribution is 2.31. The monoisotopic (exact) mass is 395 g/mol. The third-order valence-corrected chi connectivity index (χ3v) is 6.05. The van der Waals surface area contributed by atoms with Gasteiger partial charge in [-0.15, -0.1) is 0 Å². The zero-order chi connectivity index (χ0) is 19.4. The van der Waals surface area contributed by atoms with Gasteiger partial charge in [0.15, 0.2) is 0 Å².